The first kappa shape index (κ1) is 14.2. The van der Waals surface area contributed by atoms with Crippen LogP contribution >= 0.6 is 11.3 Å². The van der Waals surface area contributed by atoms with E-state index in [2.05, 4.69) is 52.5 Å². The van der Waals surface area contributed by atoms with Crippen molar-refractivity contribution in [2.24, 2.45) is 5.73 Å². The molecule has 1 aliphatic heterocycles. The summed E-state index contributed by atoms with van der Waals surface area (Å²) in [4.78, 5) is 3.88. The molecule has 3 heteroatoms. The van der Waals surface area contributed by atoms with Crippen LogP contribution in [0.2, 0.25) is 0 Å². The lowest BCUT2D eigenvalue weighted by molar-refractivity contribution is 0.717. The summed E-state index contributed by atoms with van der Waals surface area (Å²) in [6, 6.07) is 11.0. The molecular formula is C18H20N2S. The molecule has 0 amide bonds. The van der Waals surface area contributed by atoms with Crippen LogP contribution in [-0.4, -0.2) is 13.1 Å². The van der Waals surface area contributed by atoms with E-state index >= 15 is 0 Å². The molecule has 3 rings (SSSR count). The van der Waals surface area contributed by atoms with Crippen molar-refractivity contribution in [3.63, 3.8) is 0 Å². The first-order chi connectivity index (χ1) is 10.4. The van der Waals surface area contributed by atoms with Gasteiger partial charge in [0.2, 0.25) is 0 Å². The Labute approximate surface area is 130 Å². The van der Waals surface area contributed by atoms with Gasteiger partial charge in [0, 0.05) is 28.1 Å². The van der Waals surface area contributed by atoms with Crippen molar-refractivity contribution >= 4 is 17.0 Å². The Morgan fingerprint density at radius 2 is 2.14 bits per heavy atom. The fraction of sp³-hybridized carbons (Fsp3) is 0.333. The Balaban J connectivity index is 1.79. The summed E-state index contributed by atoms with van der Waals surface area (Å²) in [6.45, 7) is 2.54. The minimum absolute atomic E-state index is 0.421. The molecule has 0 saturated heterocycles. The fourth-order valence-electron chi connectivity index (χ4n) is 2.80. The molecule has 1 aromatic carbocycles. The Kier molecular flexibility index (Phi) is 4.59. The zero-order valence-electron chi connectivity index (χ0n) is 12.1. The number of anilines is 1. The number of aryl methyl sites for hydroxylation is 1. The maximum absolute atomic E-state index is 5.42. The molecule has 1 aliphatic rings. The Morgan fingerprint density at radius 1 is 1.24 bits per heavy atom. The first-order valence-electron chi connectivity index (χ1n) is 7.46. The smallest absolute Gasteiger partial charge is 0.0555 e. The van der Waals surface area contributed by atoms with Crippen molar-refractivity contribution in [1.29, 1.82) is 0 Å². The van der Waals surface area contributed by atoms with E-state index in [1.54, 1.807) is 11.3 Å². The number of benzene rings is 1. The average molecular weight is 296 g/mol. The van der Waals surface area contributed by atoms with Crippen molar-refractivity contribution in [2.45, 2.75) is 25.8 Å². The topological polar surface area (TPSA) is 29.3 Å². The van der Waals surface area contributed by atoms with Crippen LogP contribution in [-0.2, 0) is 13.0 Å². The van der Waals surface area contributed by atoms with Crippen molar-refractivity contribution in [3.8, 4) is 11.8 Å². The van der Waals surface area contributed by atoms with Crippen LogP contribution in [0.4, 0.5) is 5.69 Å². The summed E-state index contributed by atoms with van der Waals surface area (Å²) in [5.74, 6) is 6.03. The Bertz CT molecular complexity index is 663. The normalized spacial score (nSPS) is 14.0. The number of rotatable bonds is 2. The minimum atomic E-state index is 0.421. The van der Waals surface area contributed by atoms with Gasteiger partial charge in [0.1, 0.15) is 0 Å². The monoisotopic (exact) mass is 296 g/mol. The number of thiophene rings is 1. The molecule has 0 aliphatic carbocycles. The molecule has 0 radical (unpaired) electrons. The molecule has 108 valence electrons. The lowest BCUT2D eigenvalue weighted by Crippen LogP contribution is -2.22. The van der Waals surface area contributed by atoms with Crippen LogP contribution < -0.4 is 10.6 Å². The molecule has 1 aromatic heterocycles. The third-order valence-electron chi connectivity index (χ3n) is 3.79. The summed E-state index contributed by atoms with van der Waals surface area (Å²) in [5, 5.41) is 2.13. The molecular weight excluding hydrogens is 276 g/mol. The first-order valence-corrected chi connectivity index (χ1v) is 8.34. The lowest BCUT2D eigenvalue weighted by Gasteiger charge is -2.24. The zero-order chi connectivity index (χ0) is 14.5. The van der Waals surface area contributed by atoms with Gasteiger partial charge in [-0.15, -0.1) is 11.3 Å². The van der Waals surface area contributed by atoms with E-state index in [9.17, 15) is 0 Å². The van der Waals surface area contributed by atoms with Gasteiger partial charge in [-0.25, -0.2) is 0 Å². The SMILES string of the molecule is NCC#Cc1csc(CN2CCCCc3ccccc32)c1. The molecule has 0 saturated carbocycles. The Hall–Kier alpha value is -1.76. The summed E-state index contributed by atoms with van der Waals surface area (Å²) >= 11 is 1.79. The highest BCUT2D eigenvalue weighted by atomic mass is 32.1. The number of nitrogens with zero attached hydrogens (tertiary/aromatic N) is 1. The second-order valence-corrected chi connectivity index (χ2v) is 6.31. The third kappa shape index (κ3) is 3.47. The van der Waals surface area contributed by atoms with Crippen LogP contribution in [0.3, 0.4) is 0 Å². The van der Waals surface area contributed by atoms with Crippen molar-refractivity contribution in [2.75, 3.05) is 18.0 Å². The van der Waals surface area contributed by atoms with E-state index in [1.165, 1.54) is 35.4 Å². The predicted octanol–water partition coefficient (Wildman–Crippen LogP) is 3.40. The van der Waals surface area contributed by atoms with Crippen LogP contribution in [0.1, 0.15) is 28.8 Å². The maximum atomic E-state index is 5.42. The molecule has 2 nitrogen and oxygen atoms in total. The second-order valence-electron chi connectivity index (χ2n) is 5.31. The number of hydrogen-bond acceptors (Lipinski definition) is 3. The maximum Gasteiger partial charge on any atom is 0.0555 e. The molecule has 0 unspecified atom stereocenters. The highest BCUT2D eigenvalue weighted by Crippen LogP contribution is 2.28. The molecule has 2 aromatic rings. The molecule has 2 N–H and O–H groups in total. The molecule has 0 bridgehead atoms. The van der Waals surface area contributed by atoms with Crippen molar-refractivity contribution in [3.05, 3.63) is 51.7 Å². The van der Waals surface area contributed by atoms with E-state index in [0.717, 1.165) is 18.7 Å². The number of fused-ring (bicyclic) bond motifs is 1. The van der Waals surface area contributed by atoms with Gasteiger partial charge in [-0.2, -0.15) is 0 Å². The van der Waals surface area contributed by atoms with Crippen LogP contribution in [0.15, 0.2) is 35.7 Å². The average Bonchev–Trinajstić information content (AvgIpc) is 2.86. The van der Waals surface area contributed by atoms with Gasteiger partial charge in [-0.05, 0) is 37.0 Å². The van der Waals surface area contributed by atoms with E-state index in [-0.39, 0.29) is 0 Å². The number of para-hydroxylation sites is 1. The highest BCUT2D eigenvalue weighted by Gasteiger charge is 2.15. The second kappa shape index (κ2) is 6.80. The summed E-state index contributed by atoms with van der Waals surface area (Å²) < 4.78 is 0. The lowest BCUT2D eigenvalue weighted by atomic mass is 10.1. The number of nitrogens with two attached hydrogens (primary N) is 1. The van der Waals surface area contributed by atoms with Crippen molar-refractivity contribution in [1.82, 2.24) is 0 Å². The summed E-state index contributed by atoms with van der Waals surface area (Å²) in [5.41, 5.74) is 9.39. The van der Waals surface area contributed by atoms with E-state index in [4.69, 9.17) is 5.73 Å². The standard InChI is InChI=1S/C18H20N2S/c19-10-5-6-15-12-17(21-14-15)13-20-11-4-3-8-16-7-1-2-9-18(16)20/h1-2,7,9,12,14H,3-4,8,10-11,13,19H2. The van der Waals surface area contributed by atoms with E-state index in [1.807, 2.05) is 0 Å². The van der Waals surface area contributed by atoms with Gasteiger partial charge in [0.05, 0.1) is 13.1 Å². The number of hydrogen-bond donors (Lipinski definition) is 1. The summed E-state index contributed by atoms with van der Waals surface area (Å²) in [6.07, 6.45) is 3.75. The van der Waals surface area contributed by atoms with Crippen molar-refractivity contribution < 1.29 is 0 Å². The quantitative estimate of drug-likeness (QED) is 0.861. The van der Waals surface area contributed by atoms with Gasteiger partial charge in [0.15, 0.2) is 0 Å². The van der Waals surface area contributed by atoms with Gasteiger partial charge >= 0.3 is 0 Å². The molecule has 2 heterocycles. The predicted molar refractivity (Wildman–Crippen MR) is 90.7 cm³/mol. The van der Waals surface area contributed by atoms with E-state index in [0.29, 0.717) is 6.54 Å². The zero-order valence-corrected chi connectivity index (χ0v) is 13.0. The molecule has 21 heavy (non-hydrogen) atoms. The highest BCUT2D eigenvalue weighted by molar-refractivity contribution is 7.10. The van der Waals surface area contributed by atoms with Gasteiger partial charge in [-0.1, -0.05) is 30.0 Å². The van der Waals surface area contributed by atoms with Crippen LogP contribution in [0.5, 0.6) is 0 Å². The van der Waals surface area contributed by atoms with Gasteiger partial charge < -0.3 is 10.6 Å². The largest absolute Gasteiger partial charge is 0.366 e. The van der Waals surface area contributed by atoms with Crippen LogP contribution in [0.25, 0.3) is 0 Å². The third-order valence-corrected chi connectivity index (χ3v) is 4.71. The molecule has 0 fully saturated rings. The molecule has 0 atom stereocenters. The van der Waals surface area contributed by atoms with E-state index < -0.39 is 0 Å². The van der Waals surface area contributed by atoms with Crippen LogP contribution in [0, 0.1) is 11.8 Å². The summed E-state index contributed by atoms with van der Waals surface area (Å²) in [7, 11) is 0. The Morgan fingerprint density at radius 3 is 3.05 bits per heavy atom. The van der Waals surface area contributed by atoms with Gasteiger partial charge in [0.25, 0.3) is 0 Å². The molecule has 0 spiro atoms. The van der Waals surface area contributed by atoms with Gasteiger partial charge in [-0.3, -0.25) is 0 Å². The minimum Gasteiger partial charge on any atom is -0.366 e. The fourth-order valence-corrected chi connectivity index (χ4v) is 3.63.